The second-order valence-electron chi connectivity index (χ2n) is 4.08. The summed E-state index contributed by atoms with van der Waals surface area (Å²) in [5.74, 6) is -3.14. The molecule has 0 fully saturated rings. The van der Waals surface area contributed by atoms with Gasteiger partial charge in [0.25, 0.3) is 0 Å². The molecular formula is C14H11NO4S. The molecule has 0 bridgehead atoms. The normalized spacial score (nSPS) is 10.2. The molecule has 102 valence electrons. The molecule has 2 heterocycles. The second-order valence-corrected chi connectivity index (χ2v) is 5.08. The van der Waals surface area contributed by atoms with Crippen LogP contribution in [0.25, 0.3) is 0 Å². The van der Waals surface area contributed by atoms with Gasteiger partial charge in [0.05, 0.1) is 6.42 Å². The number of pyridine rings is 1. The van der Waals surface area contributed by atoms with Gasteiger partial charge in [-0.15, -0.1) is 11.3 Å². The molecule has 2 aromatic rings. The topological polar surface area (TPSA) is 84.3 Å². The van der Waals surface area contributed by atoms with Gasteiger partial charge in [-0.1, -0.05) is 6.07 Å². The Balaban J connectivity index is 2.14. The molecule has 2 rings (SSSR count). The molecular weight excluding hydrogens is 278 g/mol. The van der Waals surface area contributed by atoms with Gasteiger partial charge in [-0.2, -0.15) is 0 Å². The van der Waals surface area contributed by atoms with E-state index in [0.717, 1.165) is 10.6 Å². The summed E-state index contributed by atoms with van der Waals surface area (Å²) in [6.07, 6.45) is 1.54. The molecule has 0 spiro atoms. The first-order chi connectivity index (χ1) is 9.58. The van der Waals surface area contributed by atoms with Crippen molar-refractivity contribution in [2.24, 2.45) is 0 Å². The summed E-state index contributed by atoms with van der Waals surface area (Å²) < 4.78 is 0. The highest BCUT2D eigenvalue weighted by Crippen LogP contribution is 2.21. The lowest BCUT2D eigenvalue weighted by Gasteiger charge is -2.02. The number of aromatic nitrogens is 1. The van der Waals surface area contributed by atoms with Crippen LogP contribution in [0.4, 0.5) is 0 Å². The molecule has 0 saturated carbocycles. The summed E-state index contributed by atoms with van der Waals surface area (Å²) in [5, 5.41) is 10.3. The highest BCUT2D eigenvalue weighted by molar-refractivity contribution is 7.10. The fraction of sp³-hybridized carbons (Fsp3) is 0.143. The molecule has 2 aromatic heterocycles. The molecule has 6 heteroatoms. The number of carboxylic acids is 1. The van der Waals surface area contributed by atoms with E-state index in [1.54, 1.807) is 23.7 Å². The summed E-state index contributed by atoms with van der Waals surface area (Å²) in [7, 11) is 0. The molecule has 20 heavy (non-hydrogen) atoms. The van der Waals surface area contributed by atoms with Gasteiger partial charge in [-0.05, 0) is 23.6 Å². The van der Waals surface area contributed by atoms with E-state index in [1.165, 1.54) is 11.3 Å². The van der Waals surface area contributed by atoms with E-state index >= 15 is 0 Å². The van der Waals surface area contributed by atoms with Crippen molar-refractivity contribution >= 4 is 28.9 Å². The fourth-order valence-corrected chi connectivity index (χ4v) is 2.62. The first kappa shape index (κ1) is 14.1. The molecule has 0 saturated heterocycles. The van der Waals surface area contributed by atoms with Crippen molar-refractivity contribution < 1.29 is 19.5 Å². The van der Waals surface area contributed by atoms with Crippen LogP contribution in [0.1, 0.15) is 27.3 Å². The number of carbonyl (C=O) groups excluding carboxylic acids is 2. The Labute approximate surface area is 118 Å². The number of Topliss-reactive ketones (excluding diaryl/α,β-unsaturated/α-hetero) is 2. The van der Waals surface area contributed by atoms with E-state index in [-0.39, 0.29) is 0 Å². The Morgan fingerprint density at radius 3 is 2.65 bits per heavy atom. The van der Waals surface area contributed by atoms with E-state index in [2.05, 4.69) is 4.98 Å². The van der Waals surface area contributed by atoms with Gasteiger partial charge in [0, 0.05) is 28.8 Å². The van der Waals surface area contributed by atoms with Crippen LogP contribution in [-0.4, -0.2) is 27.6 Å². The van der Waals surface area contributed by atoms with Gasteiger partial charge in [-0.3, -0.25) is 14.6 Å². The third kappa shape index (κ3) is 3.36. The van der Waals surface area contributed by atoms with Crippen molar-refractivity contribution in [1.29, 1.82) is 0 Å². The van der Waals surface area contributed by atoms with Gasteiger partial charge in [0.2, 0.25) is 5.78 Å². The Hall–Kier alpha value is -2.34. The van der Waals surface area contributed by atoms with E-state index in [1.807, 2.05) is 12.1 Å². The van der Waals surface area contributed by atoms with E-state index in [4.69, 9.17) is 5.11 Å². The van der Waals surface area contributed by atoms with Crippen molar-refractivity contribution in [3.8, 4) is 0 Å². The second kappa shape index (κ2) is 6.21. The molecule has 1 N–H and O–H groups in total. The van der Waals surface area contributed by atoms with Crippen LogP contribution in [0.2, 0.25) is 0 Å². The Morgan fingerprint density at radius 1 is 1.20 bits per heavy atom. The fourth-order valence-electron chi connectivity index (χ4n) is 1.71. The smallest absolute Gasteiger partial charge is 0.372 e. The third-order valence-electron chi connectivity index (χ3n) is 2.67. The number of nitrogens with zero attached hydrogens (tertiary/aromatic N) is 1. The number of hydrogen-bond donors (Lipinski definition) is 1. The maximum absolute atomic E-state index is 11.9. The number of hydrogen-bond acceptors (Lipinski definition) is 5. The zero-order valence-electron chi connectivity index (χ0n) is 10.4. The number of ketones is 2. The van der Waals surface area contributed by atoms with E-state index in [9.17, 15) is 14.4 Å². The van der Waals surface area contributed by atoms with Crippen molar-refractivity contribution in [2.75, 3.05) is 0 Å². The van der Waals surface area contributed by atoms with Gasteiger partial charge in [0.1, 0.15) is 0 Å². The lowest BCUT2D eigenvalue weighted by atomic mass is 10.0. The lowest BCUT2D eigenvalue weighted by molar-refractivity contribution is -0.148. The number of thiophene rings is 1. The minimum absolute atomic E-state index is 0.398. The Bertz CT molecular complexity index is 648. The van der Waals surface area contributed by atoms with Crippen LogP contribution < -0.4 is 0 Å². The van der Waals surface area contributed by atoms with Crippen LogP contribution in [0.3, 0.4) is 0 Å². The first-order valence-electron chi connectivity index (χ1n) is 5.83. The quantitative estimate of drug-likeness (QED) is 0.499. The zero-order valence-corrected chi connectivity index (χ0v) is 11.2. The van der Waals surface area contributed by atoms with Crippen LogP contribution in [0.15, 0.2) is 35.8 Å². The van der Waals surface area contributed by atoms with Crippen molar-refractivity contribution in [2.45, 2.75) is 12.8 Å². The molecule has 0 aliphatic rings. The molecule has 0 atom stereocenters. The molecule has 0 radical (unpaired) electrons. The van der Waals surface area contributed by atoms with E-state index in [0.29, 0.717) is 12.0 Å². The number of carboxylic acid groups (broad SMARTS) is 1. The predicted octanol–water partition coefficient (Wildman–Crippen LogP) is 1.96. The monoisotopic (exact) mass is 289 g/mol. The summed E-state index contributed by atoms with van der Waals surface area (Å²) in [6.45, 7) is 0. The van der Waals surface area contributed by atoms with Crippen LogP contribution in [-0.2, 0) is 16.0 Å². The zero-order chi connectivity index (χ0) is 14.5. The molecule has 0 aliphatic heterocycles. The number of aliphatic carboxylic acids is 1. The van der Waals surface area contributed by atoms with Crippen LogP contribution in [0, 0.1) is 0 Å². The highest BCUT2D eigenvalue weighted by Gasteiger charge is 2.20. The average molecular weight is 289 g/mol. The van der Waals surface area contributed by atoms with Crippen molar-refractivity contribution in [1.82, 2.24) is 4.98 Å². The molecule has 0 aliphatic carbocycles. The summed E-state index contributed by atoms with van der Waals surface area (Å²) >= 11 is 1.39. The lowest BCUT2D eigenvalue weighted by Crippen LogP contribution is -2.17. The maximum Gasteiger partial charge on any atom is 0.372 e. The maximum atomic E-state index is 11.9. The van der Waals surface area contributed by atoms with Crippen molar-refractivity contribution in [3.05, 3.63) is 52.0 Å². The number of carbonyl (C=O) groups is 3. The predicted molar refractivity (Wildman–Crippen MR) is 73.0 cm³/mol. The van der Waals surface area contributed by atoms with Gasteiger partial charge < -0.3 is 5.11 Å². The molecule has 5 nitrogen and oxygen atoms in total. The highest BCUT2D eigenvalue weighted by atomic mass is 32.1. The van der Waals surface area contributed by atoms with Crippen molar-refractivity contribution in [3.63, 3.8) is 0 Å². The minimum Gasteiger partial charge on any atom is -0.475 e. The molecule has 0 amide bonds. The van der Waals surface area contributed by atoms with Gasteiger partial charge in [0.15, 0.2) is 5.78 Å². The SMILES string of the molecule is O=C(O)C(=O)CC(=O)c1ccsc1Cc1ccccn1. The summed E-state index contributed by atoms with van der Waals surface area (Å²) in [4.78, 5) is 38.5. The van der Waals surface area contributed by atoms with Gasteiger partial charge >= 0.3 is 5.97 Å². The van der Waals surface area contributed by atoms with Crippen LogP contribution >= 0.6 is 11.3 Å². The molecule has 0 aromatic carbocycles. The average Bonchev–Trinajstić information content (AvgIpc) is 2.88. The third-order valence-corrected chi connectivity index (χ3v) is 3.59. The first-order valence-corrected chi connectivity index (χ1v) is 6.71. The summed E-state index contributed by atoms with van der Waals surface area (Å²) in [6, 6.07) is 7.11. The van der Waals surface area contributed by atoms with E-state index < -0.39 is 24.0 Å². The largest absolute Gasteiger partial charge is 0.475 e. The minimum atomic E-state index is -1.58. The van der Waals surface area contributed by atoms with Crippen LogP contribution in [0.5, 0.6) is 0 Å². The standard InChI is InChI=1S/C14H11NO4S/c16-11(8-12(17)14(18)19)10-4-6-20-13(10)7-9-3-1-2-5-15-9/h1-6H,7-8H2,(H,18,19). The number of rotatable bonds is 6. The Kier molecular flexibility index (Phi) is 4.37. The summed E-state index contributed by atoms with van der Waals surface area (Å²) in [5.41, 5.74) is 1.21. The van der Waals surface area contributed by atoms with Gasteiger partial charge in [-0.25, -0.2) is 4.79 Å². The molecule has 0 unspecified atom stereocenters. The Morgan fingerprint density at radius 2 is 2.00 bits per heavy atom.